The van der Waals surface area contributed by atoms with Crippen molar-refractivity contribution >= 4 is 29.5 Å². The lowest BCUT2D eigenvalue weighted by Gasteiger charge is -2.30. The summed E-state index contributed by atoms with van der Waals surface area (Å²) in [5, 5.41) is 4.18. The zero-order valence-electron chi connectivity index (χ0n) is 25.1. The van der Waals surface area contributed by atoms with E-state index in [0.29, 0.717) is 0 Å². The maximum Gasteiger partial charge on any atom is 0.0445 e. The maximum absolute atomic E-state index is 2.36. The Morgan fingerprint density at radius 1 is 0.500 bits per heavy atom. The molecule has 1 unspecified atom stereocenters. The van der Waals surface area contributed by atoms with Crippen molar-refractivity contribution in [1.29, 1.82) is 0 Å². The molecule has 0 heterocycles. The molecule has 0 aliphatic carbocycles. The van der Waals surface area contributed by atoms with Crippen LogP contribution in [-0.2, 0) is 0 Å². The summed E-state index contributed by atoms with van der Waals surface area (Å²) in [4.78, 5) is 2.26. The third kappa shape index (κ3) is 5.24. The van der Waals surface area contributed by atoms with Gasteiger partial charge in [-0.25, -0.2) is 0 Å². The van der Waals surface area contributed by atoms with Gasteiger partial charge in [-0.1, -0.05) is 102 Å². The van der Waals surface area contributed by atoms with Crippen LogP contribution in [0.2, 0.25) is 0 Å². The van der Waals surface area contributed by atoms with E-state index in [2.05, 4.69) is 158 Å². The molecule has 2 heteroatoms. The van der Waals surface area contributed by atoms with Crippen molar-refractivity contribution in [3.05, 3.63) is 130 Å². The molecule has 202 valence electrons. The van der Waals surface area contributed by atoms with Crippen LogP contribution in [-0.4, -0.2) is 14.1 Å². The number of nitrogens with zero attached hydrogens (tertiary/aromatic N) is 1. The van der Waals surface area contributed by atoms with Crippen LogP contribution in [0, 0.1) is 41.5 Å². The predicted molar refractivity (Wildman–Crippen MR) is 179 cm³/mol. The van der Waals surface area contributed by atoms with Crippen LogP contribution in [0.3, 0.4) is 0 Å². The number of hydrogen-bond acceptors (Lipinski definition) is 1. The zero-order chi connectivity index (χ0) is 28.6. The van der Waals surface area contributed by atoms with E-state index in [0.717, 1.165) is 0 Å². The van der Waals surface area contributed by atoms with Gasteiger partial charge in [0.05, 0.1) is 0 Å². The average molecular weight is 542 g/mol. The van der Waals surface area contributed by atoms with Crippen LogP contribution < -0.4 is 20.8 Å². The van der Waals surface area contributed by atoms with E-state index in [4.69, 9.17) is 0 Å². The Hall–Kier alpha value is -3.67. The number of hydrogen-bond donors (Lipinski definition) is 0. The molecule has 5 aromatic carbocycles. The summed E-state index contributed by atoms with van der Waals surface area (Å²) in [7, 11) is 3.42. The Morgan fingerprint density at radius 3 is 1.43 bits per heavy atom. The molecule has 0 saturated heterocycles. The second-order valence-corrected chi connectivity index (χ2v) is 13.4. The third-order valence-electron chi connectivity index (χ3n) is 7.77. The summed E-state index contributed by atoms with van der Waals surface area (Å²) >= 11 is 0. The standard InChI is InChI=1S/C38H40NP/c1-25-21-27(3)36(28(4)22-25)32-17-14-18-33(37-29(5)23-26(2)24-30(37)6)38(32)40(31-15-10-9-11-16-31)35-20-13-12-19-34(35)39(7)8/h9-24H,1-8H3. The van der Waals surface area contributed by atoms with E-state index in [9.17, 15) is 0 Å². The normalized spacial score (nSPS) is 11.9. The summed E-state index contributed by atoms with van der Waals surface area (Å²) in [6, 6.07) is 36.4. The average Bonchev–Trinajstić information content (AvgIpc) is 2.90. The van der Waals surface area contributed by atoms with Crippen LogP contribution in [0.5, 0.6) is 0 Å². The van der Waals surface area contributed by atoms with Gasteiger partial charge in [0.1, 0.15) is 0 Å². The number of rotatable bonds is 6. The van der Waals surface area contributed by atoms with Gasteiger partial charge in [0.15, 0.2) is 0 Å². The molecule has 0 amide bonds. The Kier molecular flexibility index (Phi) is 7.97. The Balaban J connectivity index is 1.98. The fraction of sp³-hybridized carbons (Fsp3) is 0.211. The van der Waals surface area contributed by atoms with Crippen LogP contribution in [0.1, 0.15) is 33.4 Å². The Morgan fingerprint density at radius 2 is 0.950 bits per heavy atom. The first-order valence-corrected chi connectivity index (χ1v) is 15.4. The molecule has 5 rings (SSSR count). The highest BCUT2D eigenvalue weighted by Crippen LogP contribution is 2.45. The minimum atomic E-state index is -0.895. The number of para-hydroxylation sites is 1. The highest BCUT2D eigenvalue weighted by molar-refractivity contribution is 7.80. The molecular formula is C38H40NP. The van der Waals surface area contributed by atoms with Gasteiger partial charge in [0.2, 0.25) is 0 Å². The molecule has 0 aliphatic heterocycles. The fourth-order valence-electron chi connectivity index (χ4n) is 6.39. The second-order valence-electron chi connectivity index (χ2n) is 11.3. The lowest BCUT2D eigenvalue weighted by molar-refractivity contribution is 1.14. The summed E-state index contributed by atoms with van der Waals surface area (Å²) < 4.78 is 0. The lowest BCUT2D eigenvalue weighted by atomic mass is 9.89. The van der Waals surface area contributed by atoms with Crippen molar-refractivity contribution in [2.75, 3.05) is 19.0 Å². The van der Waals surface area contributed by atoms with E-state index in [-0.39, 0.29) is 0 Å². The smallest absolute Gasteiger partial charge is 0.0445 e. The molecule has 0 saturated carbocycles. The first kappa shape index (κ1) is 27.9. The van der Waals surface area contributed by atoms with Crippen molar-refractivity contribution in [3.8, 4) is 22.3 Å². The highest BCUT2D eigenvalue weighted by Gasteiger charge is 2.28. The van der Waals surface area contributed by atoms with Crippen molar-refractivity contribution in [3.63, 3.8) is 0 Å². The Bertz CT molecular complexity index is 1560. The molecule has 1 nitrogen and oxygen atoms in total. The first-order valence-electron chi connectivity index (χ1n) is 14.1. The molecule has 0 aliphatic rings. The highest BCUT2D eigenvalue weighted by atomic mass is 31.1. The molecule has 40 heavy (non-hydrogen) atoms. The third-order valence-corrected chi connectivity index (χ3v) is 10.4. The quantitative estimate of drug-likeness (QED) is 0.194. The van der Waals surface area contributed by atoms with Crippen molar-refractivity contribution in [2.24, 2.45) is 0 Å². The van der Waals surface area contributed by atoms with Crippen molar-refractivity contribution < 1.29 is 0 Å². The van der Waals surface area contributed by atoms with E-state index < -0.39 is 7.92 Å². The van der Waals surface area contributed by atoms with Crippen molar-refractivity contribution in [2.45, 2.75) is 41.5 Å². The molecule has 0 N–H and O–H groups in total. The van der Waals surface area contributed by atoms with Gasteiger partial charge in [-0.15, -0.1) is 0 Å². The number of aryl methyl sites for hydroxylation is 6. The minimum absolute atomic E-state index is 0.895. The summed E-state index contributed by atoms with van der Waals surface area (Å²) in [5.74, 6) is 0. The van der Waals surface area contributed by atoms with Crippen LogP contribution >= 0.6 is 7.92 Å². The van der Waals surface area contributed by atoms with Gasteiger partial charge >= 0.3 is 0 Å². The van der Waals surface area contributed by atoms with E-state index >= 15 is 0 Å². The van der Waals surface area contributed by atoms with Crippen LogP contribution in [0.4, 0.5) is 5.69 Å². The van der Waals surface area contributed by atoms with Gasteiger partial charge in [-0.2, -0.15) is 0 Å². The van der Waals surface area contributed by atoms with E-state index in [1.54, 1.807) is 0 Å². The summed E-state index contributed by atoms with van der Waals surface area (Å²) in [6.07, 6.45) is 0. The van der Waals surface area contributed by atoms with Crippen LogP contribution in [0.25, 0.3) is 22.3 Å². The van der Waals surface area contributed by atoms with E-state index in [1.165, 1.54) is 77.2 Å². The molecular weight excluding hydrogens is 501 g/mol. The maximum atomic E-state index is 2.36. The van der Waals surface area contributed by atoms with Crippen molar-refractivity contribution in [1.82, 2.24) is 0 Å². The molecule has 0 bridgehead atoms. The fourth-order valence-corrected chi connectivity index (χ4v) is 9.24. The number of benzene rings is 5. The van der Waals surface area contributed by atoms with Gasteiger partial charge in [-0.3, -0.25) is 0 Å². The first-order chi connectivity index (χ1) is 19.2. The molecule has 1 atom stereocenters. The topological polar surface area (TPSA) is 3.24 Å². The molecule has 0 radical (unpaired) electrons. The van der Waals surface area contributed by atoms with Gasteiger partial charge in [-0.05, 0) is 105 Å². The second kappa shape index (κ2) is 11.4. The SMILES string of the molecule is Cc1cc(C)c(-c2cccc(-c3c(C)cc(C)cc3C)c2P(c2ccccc2)c2ccccc2N(C)C)c(C)c1. The minimum Gasteiger partial charge on any atom is -0.377 e. The number of anilines is 1. The molecule has 0 spiro atoms. The summed E-state index contributed by atoms with van der Waals surface area (Å²) in [5.41, 5.74) is 14.6. The predicted octanol–water partition coefficient (Wildman–Crippen LogP) is 8.70. The lowest BCUT2D eigenvalue weighted by Crippen LogP contribution is -2.28. The summed E-state index contributed by atoms with van der Waals surface area (Å²) in [6.45, 7) is 13.5. The monoisotopic (exact) mass is 541 g/mol. The molecule has 5 aromatic rings. The van der Waals surface area contributed by atoms with Crippen LogP contribution in [0.15, 0.2) is 97.1 Å². The molecule has 0 fully saturated rings. The zero-order valence-corrected chi connectivity index (χ0v) is 26.0. The van der Waals surface area contributed by atoms with Gasteiger partial charge in [0.25, 0.3) is 0 Å². The van der Waals surface area contributed by atoms with E-state index in [1.807, 2.05) is 0 Å². The largest absolute Gasteiger partial charge is 0.377 e. The molecule has 0 aromatic heterocycles. The Labute approximate surface area is 242 Å². The van der Waals surface area contributed by atoms with Gasteiger partial charge < -0.3 is 4.90 Å². The van der Waals surface area contributed by atoms with Gasteiger partial charge in [0, 0.05) is 30.4 Å².